The van der Waals surface area contributed by atoms with Crippen molar-refractivity contribution in [2.75, 3.05) is 6.54 Å². The molecule has 0 aliphatic heterocycles. The van der Waals surface area contributed by atoms with Crippen molar-refractivity contribution in [1.29, 1.82) is 0 Å². The van der Waals surface area contributed by atoms with Gasteiger partial charge in [0.15, 0.2) is 0 Å². The van der Waals surface area contributed by atoms with Gasteiger partial charge in [0.1, 0.15) is 4.90 Å². The van der Waals surface area contributed by atoms with E-state index in [2.05, 4.69) is 20.9 Å². The quantitative estimate of drug-likeness (QED) is 0.858. The third-order valence-corrected chi connectivity index (χ3v) is 4.59. The number of halogens is 1. The standard InChI is InChI=1S/C10H14BrN3O3S/c1-7(2)14(6-10(12)15)18(16,17)9-3-8(11)4-13-5-9/h3-5,7H,6H2,1-2H3,(H2,12,15). The number of aromatic nitrogens is 1. The summed E-state index contributed by atoms with van der Waals surface area (Å²) in [5.41, 5.74) is 5.07. The van der Waals surface area contributed by atoms with E-state index in [4.69, 9.17) is 5.73 Å². The minimum atomic E-state index is -3.78. The van der Waals surface area contributed by atoms with Gasteiger partial charge in [-0.3, -0.25) is 9.78 Å². The van der Waals surface area contributed by atoms with Crippen molar-refractivity contribution in [2.24, 2.45) is 5.73 Å². The second kappa shape index (κ2) is 5.77. The molecule has 0 saturated carbocycles. The molecule has 1 amide bonds. The molecule has 0 spiro atoms. The molecule has 1 rings (SSSR count). The van der Waals surface area contributed by atoms with Crippen LogP contribution in [0.2, 0.25) is 0 Å². The summed E-state index contributed by atoms with van der Waals surface area (Å²) in [6.07, 6.45) is 2.71. The van der Waals surface area contributed by atoms with Gasteiger partial charge in [-0.25, -0.2) is 8.42 Å². The predicted octanol–water partition coefficient (Wildman–Crippen LogP) is 0.729. The first-order chi connectivity index (χ1) is 8.25. The van der Waals surface area contributed by atoms with Crippen LogP contribution in [-0.2, 0) is 14.8 Å². The van der Waals surface area contributed by atoms with Gasteiger partial charge in [-0.05, 0) is 35.8 Å². The lowest BCUT2D eigenvalue weighted by atomic mass is 10.4. The molecule has 18 heavy (non-hydrogen) atoms. The number of nitrogens with two attached hydrogens (primary N) is 1. The van der Waals surface area contributed by atoms with Crippen molar-refractivity contribution in [3.05, 3.63) is 22.9 Å². The maximum atomic E-state index is 12.3. The van der Waals surface area contributed by atoms with Gasteiger partial charge < -0.3 is 5.73 Å². The molecular weight excluding hydrogens is 322 g/mol. The van der Waals surface area contributed by atoms with Gasteiger partial charge in [-0.15, -0.1) is 0 Å². The van der Waals surface area contributed by atoms with E-state index >= 15 is 0 Å². The molecule has 2 N–H and O–H groups in total. The summed E-state index contributed by atoms with van der Waals surface area (Å²) >= 11 is 3.15. The van der Waals surface area contributed by atoms with Gasteiger partial charge >= 0.3 is 0 Å². The van der Waals surface area contributed by atoms with Crippen molar-refractivity contribution < 1.29 is 13.2 Å². The van der Waals surface area contributed by atoms with Crippen molar-refractivity contribution in [3.63, 3.8) is 0 Å². The van der Waals surface area contributed by atoms with E-state index in [0.29, 0.717) is 4.47 Å². The van der Waals surface area contributed by atoms with Gasteiger partial charge in [-0.2, -0.15) is 4.31 Å². The molecule has 0 saturated heterocycles. The van der Waals surface area contributed by atoms with Crippen molar-refractivity contribution in [2.45, 2.75) is 24.8 Å². The third kappa shape index (κ3) is 3.50. The highest BCUT2D eigenvalue weighted by Gasteiger charge is 2.28. The van der Waals surface area contributed by atoms with Crippen LogP contribution in [0, 0.1) is 0 Å². The first-order valence-electron chi connectivity index (χ1n) is 5.16. The van der Waals surface area contributed by atoms with E-state index in [0.717, 1.165) is 4.31 Å². The lowest BCUT2D eigenvalue weighted by Crippen LogP contribution is -2.42. The minimum absolute atomic E-state index is 0.0202. The SMILES string of the molecule is CC(C)N(CC(N)=O)S(=O)(=O)c1cncc(Br)c1. The Kier molecular flexibility index (Phi) is 4.83. The Morgan fingerprint density at radius 2 is 2.11 bits per heavy atom. The summed E-state index contributed by atoms with van der Waals surface area (Å²) in [7, 11) is -3.78. The van der Waals surface area contributed by atoms with Crippen LogP contribution in [0.25, 0.3) is 0 Å². The average molecular weight is 336 g/mol. The minimum Gasteiger partial charge on any atom is -0.369 e. The molecule has 1 heterocycles. The van der Waals surface area contributed by atoms with Crippen LogP contribution in [-0.4, -0.2) is 36.2 Å². The van der Waals surface area contributed by atoms with Crippen LogP contribution in [0.1, 0.15) is 13.8 Å². The van der Waals surface area contributed by atoms with Gasteiger partial charge in [0.25, 0.3) is 0 Å². The smallest absolute Gasteiger partial charge is 0.245 e. The molecule has 6 nitrogen and oxygen atoms in total. The number of rotatable bonds is 5. The molecule has 1 aromatic heterocycles. The van der Waals surface area contributed by atoms with Crippen LogP contribution in [0.5, 0.6) is 0 Å². The lowest BCUT2D eigenvalue weighted by molar-refractivity contribution is -0.118. The number of carbonyl (C=O) groups excluding carboxylic acids is 1. The Hall–Kier alpha value is -0.990. The van der Waals surface area contributed by atoms with E-state index < -0.39 is 15.9 Å². The Balaban J connectivity index is 3.21. The summed E-state index contributed by atoms with van der Waals surface area (Å²) < 4.78 is 26.2. The lowest BCUT2D eigenvalue weighted by Gasteiger charge is -2.24. The second-order valence-corrected chi connectivity index (χ2v) is 6.76. The van der Waals surface area contributed by atoms with Crippen LogP contribution >= 0.6 is 15.9 Å². The topological polar surface area (TPSA) is 93.4 Å². The number of amides is 1. The summed E-state index contributed by atoms with van der Waals surface area (Å²) in [6.45, 7) is 2.99. The highest BCUT2D eigenvalue weighted by Crippen LogP contribution is 2.20. The summed E-state index contributed by atoms with van der Waals surface area (Å²) in [5.74, 6) is -0.699. The molecule has 100 valence electrons. The molecule has 0 fully saturated rings. The molecule has 0 bridgehead atoms. The Labute approximate surface area is 114 Å². The van der Waals surface area contributed by atoms with E-state index in [1.807, 2.05) is 0 Å². The van der Waals surface area contributed by atoms with Crippen molar-refractivity contribution >= 4 is 31.9 Å². The highest BCUT2D eigenvalue weighted by atomic mass is 79.9. The number of carbonyl (C=O) groups is 1. The zero-order valence-electron chi connectivity index (χ0n) is 10.00. The van der Waals surface area contributed by atoms with Gasteiger partial charge in [0, 0.05) is 22.9 Å². The highest BCUT2D eigenvalue weighted by molar-refractivity contribution is 9.10. The van der Waals surface area contributed by atoms with E-state index in [-0.39, 0.29) is 17.5 Å². The van der Waals surface area contributed by atoms with E-state index in [9.17, 15) is 13.2 Å². The second-order valence-electron chi connectivity index (χ2n) is 3.95. The summed E-state index contributed by atoms with van der Waals surface area (Å²) in [5, 5.41) is 0. The molecule has 0 atom stereocenters. The van der Waals surface area contributed by atoms with E-state index in [1.165, 1.54) is 18.5 Å². The predicted molar refractivity (Wildman–Crippen MR) is 70.2 cm³/mol. The molecule has 0 unspecified atom stereocenters. The zero-order valence-corrected chi connectivity index (χ0v) is 12.4. The Morgan fingerprint density at radius 1 is 1.50 bits per heavy atom. The van der Waals surface area contributed by atoms with Crippen LogP contribution in [0.4, 0.5) is 0 Å². The maximum absolute atomic E-state index is 12.3. The number of hydrogen-bond acceptors (Lipinski definition) is 4. The maximum Gasteiger partial charge on any atom is 0.245 e. The molecule has 0 radical (unpaired) electrons. The van der Waals surface area contributed by atoms with Crippen LogP contribution < -0.4 is 5.73 Å². The van der Waals surface area contributed by atoms with Crippen LogP contribution in [0.3, 0.4) is 0 Å². The number of pyridine rings is 1. The first kappa shape index (κ1) is 15.1. The molecular formula is C10H14BrN3O3S. The number of hydrogen-bond donors (Lipinski definition) is 1. The van der Waals surface area contributed by atoms with E-state index in [1.54, 1.807) is 13.8 Å². The normalized spacial score (nSPS) is 12.1. The monoisotopic (exact) mass is 335 g/mol. The summed E-state index contributed by atoms with van der Waals surface area (Å²) in [6, 6.07) is 1.06. The molecule has 1 aromatic rings. The third-order valence-electron chi connectivity index (χ3n) is 2.17. The van der Waals surface area contributed by atoms with Crippen molar-refractivity contribution in [3.8, 4) is 0 Å². The summed E-state index contributed by atoms with van der Waals surface area (Å²) in [4.78, 5) is 14.8. The average Bonchev–Trinajstić information content (AvgIpc) is 2.25. The molecule has 0 aliphatic rings. The van der Waals surface area contributed by atoms with Gasteiger partial charge in [-0.1, -0.05) is 0 Å². The fraction of sp³-hybridized carbons (Fsp3) is 0.400. The Bertz CT molecular complexity index is 545. The first-order valence-corrected chi connectivity index (χ1v) is 7.39. The van der Waals surface area contributed by atoms with Gasteiger partial charge in [0.05, 0.1) is 6.54 Å². The number of primary amides is 1. The number of nitrogens with zero attached hydrogens (tertiary/aromatic N) is 2. The Morgan fingerprint density at radius 3 is 2.56 bits per heavy atom. The fourth-order valence-corrected chi connectivity index (χ4v) is 3.48. The van der Waals surface area contributed by atoms with Gasteiger partial charge in [0.2, 0.25) is 15.9 Å². The molecule has 0 aliphatic carbocycles. The fourth-order valence-electron chi connectivity index (χ4n) is 1.37. The number of sulfonamides is 1. The van der Waals surface area contributed by atoms with Crippen LogP contribution in [0.15, 0.2) is 27.8 Å². The largest absolute Gasteiger partial charge is 0.369 e. The zero-order chi connectivity index (χ0) is 13.9. The molecule has 8 heteroatoms. The van der Waals surface area contributed by atoms with Crippen molar-refractivity contribution in [1.82, 2.24) is 9.29 Å². The molecule has 0 aromatic carbocycles.